The fourth-order valence-electron chi connectivity index (χ4n) is 3.76. The first-order chi connectivity index (χ1) is 11.6. The maximum Gasteiger partial charge on any atom is 0.255 e. The zero-order chi connectivity index (χ0) is 17.0. The van der Waals surface area contributed by atoms with Gasteiger partial charge in [-0.05, 0) is 39.1 Å². The zero-order valence-electron chi connectivity index (χ0n) is 14.8. The molecule has 132 valence electrons. The summed E-state index contributed by atoms with van der Waals surface area (Å²) in [4.78, 5) is 21.7. The van der Waals surface area contributed by atoms with E-state index in [-0.39, 0.29) is 11.4 Å². The number of anilines is 1. The van der Waals surface area contributed by atoms with Crippen LogP contribution in [-0.2, 0) is 4.74 Å². The Hall–Kier alpha value is -1.66. The van der Waals surface area contributed by atoms with Crippen LogP contribution in [0.25, 0.3) is 0 Å². The summed E-state index contributed by atoms with van der Waals surface area (Å²) in [6.45, 7) is 3.61. The number of nitrogens with zero attached hydrogens (tertiary/aromatic N) is 3. The van der Waals surface area contributed by atoms with Crippen molar-refractivity contribution in [3.05, 3.63) is 23.9 Å². The summed E-state index contributed by atoms with van der Waals surface area (Å²) in [5, 5.41) is 3.16. The Morgan fingerprint density at radius 1 is 1.33 bits per heavy atom. The van der Waals surface area contributed by atoms with E-state index in [9.17, 15) is 4.79 Å². The van der Waals surface area contributed by atoms with Crippen LogP contribution in [0.4, 0.5) is 5.82 Å². The van der Waals surface area contributed by atoms with E-state index in [4.69, 9.17) is 4.74 Å². The number of hydrogen-bond donors (Lipinski definition) is 1. The lowest BCUT2D eigenvalue weighted by molar-refractivity contribution is 0.0898. The van der Waals surface area contributed by atoms with Crippen LogP contribution < -0.4 is 10.2 Å². The summed E-state index contributed by atoms with van der Waals surface area (Å²) >= 11 is 0. The molecule has 2 heterocycles. The molecular formula is C18H28N4O2. The van der Waals surface area contributed by atoms with Gasteiger partial charge in [-0.2, -0.15) is 0 Å². The predicted molar refractivity (Wildman–Crippen MR) is 94.5 cm³/mol. The third-order valence-electron chi connectivity index (χ3n) is 5.40. The van der Waals surface area contributed by atoms with Crippen LogP contribution in [0, 0.1) is 0 Å². The number of pyridine rings is 1. The van der Waals surface area contributed by atoms with Crippen molar-refractivity contribution in [1.29, 1.82) is 0 Å². The van der Waals surface area contributed by atoms with Crippen LogP contribution in [0.5, 0.6) is 0 Å². The largest absolute Gasteiger partial charge is 0.378 e. The van der Waals surface area contributed by atoms with Crippen molar-refractivity contribution in [3.8, 4) is 0 Å². The van der Waals surface area contributed by atoms with Gasteiger partial charge >= 0.3 is 0 Å². The molecule has 2 fully saturated rings. The highest BCUT2D eigenvalue weighted by Crippen LogP contribution is 2.33. The van der Waals surface area contributed by atoms with Crippen molar-refractivity contribution in [3.63, 3.8) is 0 Å². The van der Waals surface area contributed by atoms with Crippen molar-refractivity contribution in [2.75, 3.05) is 51.8 Å². The Labute approximate surface area is 144 Å². The first-order valence-electron chi connectivity index (χ1n) is 8.86. The molecule has 6 heteroatoms. The highest BCUT2D eigenvalue weighted by molar-refractivity contribution is 5.98. The molecule has 0 spiro atoms. The second kappa shape index (κ2) is 7.49. The third-order valence-corrected chi connectivity index (χ3v) is 5.40. The van der Waals surface area contributed by atoms with Crippen molar-refractivity contribution < 1.29 is 9.53 Å². The van der Waals surface area contributed by atoms with E-state index < -0.39 is 0 Å². The molecule has 1 aliphatic carbocycles. The van der Waals surface area contributed by atoms with Crippen molar-refractivity contribution >= 4 is 11.7 Å². The van der Waals surface area contributed by atoms with Gasteiger partial charge in [0.25, 0.3) is 5.91 Å². The standard InChI is InChI=1S/C18H28N4O2/c1-21(2)18(7-3-4-8-18)14-20-17(23)15-6-5-9-19-16(15)22-10-12-24-13-11-22/h5-6,9H,3-4,7-8,10-14H2,1-2H3,(H,20,23). The maximum atomic E-state index is 12.8. The fraction of sp³-hybridized carbons (Fsp3) is 0.667. The number of carbonyl (C=O) groups excluding carboxylic acids is 1. The van der Waals surface area contributed by atoms with Crippen molar-refractivity contribution in [2.45, 2.75) is 31.2 Å². The van der Waals surface area contributed by atoms with Crippen LogP contribution in [0.15, 0.2) is 18.3 Å². The summed E-state index contributed by atoms with van der Waals surface area (Å²) in [5.41, 5.74) is 0.753. The topological polar surface area (TPSA) is 57.7 Å². The Kier molecular flexibility index (Phi) is 5.36. The monoisotopic (exact) mass is 332 g/mol. The van der Waals surface area contributed by atoms with E-state index in [1.54, 1.807) is 6.20 Å². The molecule has 1 aliphatic heterocycles. The van der Waals surface area contributed by atoms with Gasteiger partial charge in [-0.25, -0.2) is 4.98 Å². The molecule has 3 rings (SSSR count). The lowest BCUT2D eigenvalue weighted by Crippen LogP contribution is -2.51. The van der Waals surface area contributed by atoms with Crippen LogP contribution in [0.1, 0.15) is 36.0 Å². The van der Waals surface area contributed by atoms with Gasteiger partial charge in [0.1, 0.15) is 5.82 Å². The molecule has 0 atom stereocenters. The Bertz CT molecular complexity index is 564. The molecule has 1 N–H and O–H groups in total. The summed E-state index contributed by atoms with van der Waals surface area (Å²) in [6, 6.07) is 3.69. The lowest BCUT2D eigenvalue weighted by Gasteiger charge is -2.36. The van der Waals surface area contributed by atoms with Gasteiger partial charge in [-0.3, -0.25) is 4.79 Å². The number of aromatic nitrogens is 1. The maximum absolute atomic E-state index is 12.8. The smallest absolute Gasteiger partial charge is 0.255 e. The molecule has 0 bridgehead atoms. The molecular weight excluding hydrogens is 304 g/mol. The lowest BCUT2D eigenvalue weighted by atomic mass is 9.96. The number of nitrogens with one attached hydrogen (secondary N) is 1. The predicted octanol–water partition coefficient (Wildman–Crippen LogP) is 1.52. The molecule has 1 aromatic rings. The highest BCUT2D eigenvalue weighted by Gasteiger charge is 2.36. The SMILES string of the molecule is CN(C)C1(CNC(=O)c2cccnc2N2CCOCC2)CCCC1. The molecule has 2 aliphatic rings. The number of ether oxygens (including phenoxy) is 1. The molecule has 1 amide bonds. The van der Waals surface area contributed by atoms with Gasteiger partial charge in [0.05, 0.1) is 18.8 Å². The first-order valence-corrected chi connectivity index (χ1v) is 8.86. The molecule has 0 radical (unpaired) electrons. The molecule has 0 unspecified atom stereocenters. The fourth-order valence-corrected chi connectivity index (χ4v) is 3.76. The van der Waals surface area contributed by atoms with E-state index in [0.717, 1.165) is 31.7 Å². The number of amides is 1. The molecule has 0 aromatic carbocycles. The molecule has 1 aromatic heterocycles. The van der Waals surface area contributed by atoms with Gasteiger partial charge in [0, 0.05) is 31.4 Å². The van der Waals surface area contributed by atoms with Crippen molar-refractivity contribution in [2.24, 2.45) is 0 Å². The summed E-state index contributed by atoms with van der Waals surface area (Å²) < 4.78 is 5.40. The number of morpholine rings is 1. The number of carbonyl (C=O) groups is 1. The van der Waals surface area contributed by atoms with Crippen molar-refractivity contribution in [1.82, 2.24) is 15.2 Å². The Morgan fingerprint density at radius 2 is 2.04 bits per heavy atom. The molecule has 24 heavy (non-hydrogen) atoms. The van der Waals surface area contributed by atoms with Gasteiger partial charge in [-0.15, -0.1) is 0 Å². The van der Waals surface area contributed by atoms with Crippen LogP contribution in [0.2, 0.25) is 0 Å². The Balaban J connectivity index is 1.71. The number of hydrogen-bond acceptors (Lipinski definition) is 5. The van der Waals surface area contributed by atoms with E-state index in [0.29, 0.717) is 25.3 Å². The molecule has 1 saturated carbocycles. The number of likely N-dealkylation sites (N-methyl/N-ethyl adjacent to an activating group) is 1. The van der Waals surface area contributed by atoms with Crippen LogP contribution in [-0.4, -0.2) is 68.3 Å². The van der Waals surface area contributed by atoms with E-state index >= 15 is 0 Å². The van der Waals surface area contributed by atoms with Crippen LogP contribution >= 0.6 is 0 Å². The summed E-state index contributed by atoms with van der Waals surface area (Å²) in [7, 11) is 4.22. The van der Waals surface area contributed by atoms with Gasteiger partial charge in [0.2, 0.25) is 0 Å². The third kappa shape index (κ3) is 3.54. The second-order valence-electron chi connectivity index (χ2n) is 6.98. The minimum atomic E-state index is -0.0299. The van der Waals surface area contributed by atoms with E-state index in [1.165, 1.54) is 12.8 Å². The molecule has 1 saturated heterocycles. The average molecular weight is 332 g/mol. The second-order valence-corrected chi connectivity index (χ2v) is 6.98. The van der Waals surface area contributed by atoms with Crippen LogP contribution in [0.3, 0.4) is 0 Å². The van der Waals surface area contributed by atoms with E-state index in [1.807, 2.05) is 12.1 Å². The minimum absolute atomic E-state index is 0.0299. The van der Waals surface area contributed by atoms with Gasteiger partial charge in [-0.1, -0.05) is 12.8 Å². The zero-order valence-corrected chi connectivity index (χ0v) is 14.8. The Morgan fingerprint density at radius 3 is 2.71 bits per heavy atom. The van der Waals surface area contributed by atoms with Gasteiger partial charge < -0.3 is 19.9 Å². The average Bonchev–Trinajstić information content (AvgIpc) is 3.11. The minimum Gasteiger partial charge on any atom is -0.378 e. The normalized spacial score (nSPS) is 20.4. The first kappa shape index (κ1) is 17.2. The van der Waals surface area contributed by atoms with E-state index in [2.05, 4.69) is 34.2 Å². The highest BCUT2D eigenvalue weighted by atomic mass is 16.5. The molecule has 6 nitrogen and oxygen atoms in total. The summed E-state index contributed by atoms with van der Waals surface area (Å²) in [6.07, 6.45) is 6.51. The van der Waals surface area contributed by atoms with Gasteiger partial charge in [0.15, 0.2) is 0 Å². The summed E-state index contributed by atoms with van der Waals surface area (Å²) in [5.74, 6) is 0.737. The number of rotatable bonds is 5. The quantitative estimate of drug-likeness (QED) is 0.886.